The Kier molecular flexibility index (Phi) is 4.66. The lowest BCUT2D eigenvalue weighted by Gasteiger charge is -2.35. The van der Waals surface area contributed by atoms with Gasteiger partial charge in [0.05, 0.1) is 0 Å². The molecule has 96 valence electrons. The Bertz CT molecular complexity index is 344. The Labute approximate surface area is 103 Å². The van der Waals surface area contributed by atoms with Gasteiger partial charge in [0.2, 0.25) is 0 Å². The second-order valence-corrected chi connectivity index (χ2v) is 5.58. The van der Waals surface area contributed by atoms with Gasteiger partial charge in [-0.15, -0.1) is 0 Å². The van der Waals surface area contributed by atoms with E-state index in [1.165, 1.54) is 12.1 Å². The van der Waals surface area contributed by atoms with Gasteiger partial charge in [0, 0.05) is 11.5 Å². The molecule has 2 nitrogen and oxygen atoms in total. The van der Waals surface area contributed by atoms with Crippen LogP contribution in [0.2, 0.25) is 0 Å². The topological polar surface area (TPSA) is 38.0 Å². The highest BCUT2D eigenvalue weighted by atomic mass is 19.1. The molecule has 1 unspecified atom stereocenters. The molecule has 1 rings (SSSR count). The predicted molar refractivity (Wildman–Crippen MR) is 70.0 cm³/mol. The third-order valence-electron chi connectivity index (χ3n) is 3.37. The lowest BCUT2D eigenvalue weighted by atomic mass is 9.75. The zero-order valence-electron chi connectivity index (χ0n) is 11.1. The van der Waals surface area contributed by atoms with Gasteiger partial charge in [-0.3, -0.25) is 11.3 Å². The average Bonchev–Trinajstić information content (AvgIpc) is 2.26. The minimum absolute atomic E-state index is 0.118. The zero-order chi connectivity index (χ0) is 13.1. The first kappa shape index (κ1) is 14.1. The van der Waals surface area contributed by atoms with Crippen LogP contribution in [-0.2, 0) is 5.41 Å². The molecule has 0 bridgehead atoms. The number of hydrogen-bond donors (Lipinski definition) is 2. The van der Waals surface area contributed by atoms with Crippen molar-refractivity contribution < 1.29 is 4.39 Å². The Morgan fingerprint density at radius 1 is 1.24 bits per heavy atom. The normalized spacial score (nSPS) is 14.1. The monoisotopic (exact) mass is 238 g/mol. The molecule has 0 aliphatic heterocycles. The van der Waals surface area contributed by atoms with Crippen LogP contribution in [0.5, 0.6) is 0 Å². The molecule has 0 radical (unpaired) electrons. The minimum Gasteiger partial charge on any atom is -0.271 e. The fourth-order valence-corrected chi connectivity index (χ4v) is 2.12. The Hall–Kier alpha value is -0.930. The van der Waals surface area contributed by atoms with Crippen LogP contribution in [0.25, 0.3) is 0 Å². The van der Waals surface area contributed by atoms with Crippen LogP contribution in [0.15, 0.2) is 24.3 Å². The summed E-state index contributed by atoms with van der Waals surface area (Å²) in [7, 11) is 0. The van der Waals surface area contributed by atoms with Crippen molar-refractivity contribution in [3.63, 3.8) is 0 Å². The molecular formula is C14H23FN2. The number of hydrazine groups is 1. The van der Waals surface area contributed by atoms with E-state index in [2.05, 4.69) is 33.1 Å². The van der Waals surface area contributed by atoms with E-state index in [9.17, 15) is 4.39 Å². The average molecular weight is 238 g/mol. The lowest BCUT2D eigenvalue weighted by Crippen LogP contribution is -2.48. The first-order chi connectivity index (χ1) is 7.87. The summed E-state index contributed by atoms with van der Waals surface area (Å²) in [5, 5.41) is 0. The number of hydrogen-bond acceptors (Lipinski definition) is 2. The molecule has 0 amide bonds. The Balaban J connectivity index is 2.94. The van der Waals surface area contributed by atoms with E-state index < -0.39 is 0 Å². The van der Waals surface area contributed by atoms with Crippen molar-refractivity contribution in [1.29, 1.82) is 0 Å². The number of nitrogens with one attached hydrogen (secondary N) is 1. The molecule has 0 aliphatic carbocycles. The van der Waals surface area contributed by atoms with Gasteiger partial charge in [0.15, 0.2) is 0 Å². The molecular weight excluding hydrogens is 215 g/mol. The van der Waals surface area contributed by atoms with Crippen molar-refractivity contribution in [2.24, 2.45) is 11.8 Å². The van der Waals surface area contributed by atoms with Crippen LogP contribution >= 0.6 is 0 Å². The van der Waals surface area contributed by atoms with Gasteiger partial charge in [-0.2, -0.15) is 0 Å². The highest BCUT2D eigenvalue weighted by Gasteiger charge is 2.30. The van der Waals surface area contributed by atoms with Crippen LogP contribution in [0.4, 0.5) is 4.39 Å². The molecule has 0 aromatic heterocycles. The standard InChI is InChI=1S/C14H23FN2/c1-10(2)9-13(17-16)14(3,4)11-5-7-12(15)8-6-11/h5-8,10,13,17H,9,16H2,1-4H3. The van der Waals surface area contributed by atoms with Gasteiger partial charge in [-0.25, -0.2) is 4.39 Å². The molecule has 0 saturated carbocycles. The second-order valence-electron chi connectivity index (χ2n) is 5.58. The summed E-state index contributed by atoms with van der Waals surface area (Å²) in [5.41, 5.74) is 3.87. The van der Waals surface area contributed by atoms with Crippen LogP contribution in [0.3, 0.4) is 0 Å². The number of halogens is 1. The number of benzene rings is 1. The van der Waals surface area contributed by atoms with E-state index in [-0.39, 0.29) is 17.3 Å². The van der Waals surface area contributed by atoms with Crippen molar-refractivity contribution in [3.8, 4) is 0 Å². The van der Waals surface area contributed by atoms with Crippen molar-refractivity contribution in [3.05, 3.63) is 35.6 Å². The maximum Gasteiger partial charge on any atom is 0.123 e. The molecule has 0 fully saturated rings. The van der Waals surface area contributed by atoms with Gasteiger partial charge < -0.3 is 0 Å². The van der Waals surface area contributed by atoms with E-state index in [0.29, 0.717) is 5.92 Å². The third kappa shape index (κ3) is 3.51. The predicted octanol–water partition coefficient (Wildman–Crippen LogP) is 2.98. The highest BCUT2D eigenvalue weighted by Crippen LogP contribution is 2.30. The van der Waals surface area contributed by atoms with Crippen molar-refractivity contribution in [1.82, 2.24) is 5.43 Å². The smallest absolute Gasteiger partial charge is 0.123 e. The third-order valence-corrected chi connectivity index (χ3v) is 3.37. The summed E-state index contributed by atoms with van der Waals surface area (Å²) in [6.07, 6.45) is 0.987. The van der Waals surface area contributed by atoms with E-state index >= 15 is 0 Å². The first-order valence-electron chi connectivity index (χ1n) is 6.10. The van der Waals surface area contributed by atoms with Gasteiger partial charge in [0.1, 0.15) is 5.82 Å². The van der Waals surface area contributed by atoms with Crippen molar-refractivity contribution in [2.75, 3.05) is 0 Å². The largest absolute Gasteiger partial charge is 0.271 e. The summed E-state index contributed by atoms with van der Waals surface area (Å²) < 4.78 is 12.9. The van der Waals surface area contributed by atoms with E-state index in [1.807, 2.05) is 12.1 Å². The van der Waals surface area contributed by atoms with E-state index in [4.69, 9.17) is 5.84 Å². The van der Waals surface area contributed by atoms with Gasteiger partial charge in [-0.1, -0.05) is 39.8 Å². The van der Waals surface area contributed by atoms with Gasteiger partial charge in [-0.05, 0) is 30.0 Å². The molecule has 0 aliphatic rings. The lowest BCUT2D eigenvalue weighted by molar-refractivity contribution is 0.296. The Morgan fingerprint density at radius 3 is 2.18 bits per heavy atom. The zero-order valence-corrected chi connectivity index (χ0v) is 11.1. The molecule has 3 N–H and O–H groups in total. The maximum atomic E-state index is 12.9. The van der Waals surface area contributed by atoms with Crippen molar-refractivity contribution >= 4 is 0 Å². The van der Waals surface area contributed by atoms with Crippen LogP contribution in [0.1, 0.15) is 39.7 Å². The molecule has 17 heavy (non-hydrogen) atoms. The quantitative estimate of drug-likeness (QED) is 0.611. The SMILES string of the molecule is CC(C)CC(NN)C(C)(C)c1ccc(F)cc1. The summed E-state index contributed by atoms with van der Waals surface area (Å²) in [5.74, 6) is 6.01. The van der Waals surface area contributed by atoms with E-state index in [0.717, 1.165) is 12.0 Å². The molecule has 1 aromatic rings. The number of nitrogens with two attached hydrogens (primary N) is 1. The fraction of sp³-hybridized carbons (Fsp3) is 0.571. The van der Waals surface area contributed by atoms with Gasteiger partial charge >= 0.3 is 0 Å². The maximum absolute atomic E-state index is 12.9. The molecule has 0 spiro atoms. The molecule has 3 heteroatoms. The summed E-state index contributed by atoms with van der Waals surface area (Å²) in [4.78, 5) is 0. The van der Waals surface area contributed by atoms with Crippen LogP contribution in [-0.4, -0.2) is 6.04 Å². The molecule has 0 saturated heterocycles. The Morgan fingerprint density at radius 2 is 1.76 bits per heavy atom. The fourth-order valence-electron chi connectivity index (χ4n) is 2.12. The summed E-state index contributed by atoms with van der Waals surface area (Å²) in [6.45, 7) is 8.61. The summed E-state index contributed by atoms with van der Waals surface area (Å²) >= 11 is 0. The van der Waals surface area contributed by atoms with Crippen molar-refractivity contribution in [2.45, 2.75) is 45.6 Å². The second kappa shape index (κ2) is 5.61. The summed E-state index contributed by atoms with van der Waals surface area (Å²) in [6, 6.07) is 6.84. The highest BCUT2D eigenvalue weighted by molar-refractivity contribution is 5.26. The minimum atomic E-state index is -0.203. The molecule has 0 heterocycles. The van der Waals surface area contributed by atoms with Gasteiger partial charge in [0.25, 0.3) is 0 Å². The molecule has 1 atom stereocenters. The first-order valence-corrected chi connectivity index (χ1v) is 6.10. The molecule has 1 aromatic carbocycles. The van der Waals surface area contributed by atoms with E-state index in [1.54, 1.807) is 0 Å². The number of rotatable bonds is 5. The van der Waals surface area contributed by atoms with Crippen LogP contribution in [0, 0.1) is 11.7 Å². The van der Waals surface area contributed by atoms with Crippen LogP contribution < -0.4 is 11.3 Å².